The maximum atomic E-state index is 12.6. The summed E-state index contributed by atoms with van der Waals surface area (Å²) in [5, 5.41) is 28.6. The van der Waals surface area contributed by atoms with E-state index in [1.165, 1.54) is 0 Å². The van der Waals surface area contributed by atoms with Gasteiger partial charge in [0.05, 0.1) is 17.2 Å². The van der Waals surface area contributed by atoms with Crippen LogP contribution in [0.5, 0.6) is 0 Å². The molecule has 0 saturated heterocycles. The molecule has 0 bridgehead atoms. The van der Waals surface area contributed by atoms with Crippen molar-refractivity contribution in [3.05, 3.63) is 54.0 Å². The lowest BCUT2D eigenvalue weighted by Gasteiger charge is -2.27. The third-order valence-corrected chi connectivity index (χ3v) is 5.91. The first-order valence-corrected chi connectivity index (χ1v) is 10.4. The Labute approximate surface area is 175 Å². The molecule has 7 heteroatoms. The number of nitrogens with zero attached hydrogens (tertiary/aromatic N) is 3. The van der Waals surface area contributed by atoms with E-state index >= 15 is 0 Å². The van der Waals surface area contributed by atoms with Gasteiger partial charge in [-0.3, -0.25) is 14.5 Å². The Morgan fingerprint density at radius 1 is 1.23 bits per heavy atom. The van der Waals surface area contributed by atoms with Crippen molar-refractivity contribution < 1.29 is 15.0 Å². The number of rotatable bonds is 5. The molecule has 0 aliphatic heterocycles. The average Bonchev–Trinajstić information content (AvgIpc) is 3.16. The number of amides is 1. The van der Waals surface area contributed by atoms with E-state index in [-0.39, 0.29) is 12.5 Å². The number of carbonyl (C=O) groups is 1. The van der Waals surface area contributed by atoms with Crippen LogP contribution < -0.4 is 5.32 Å². The number of fused-ring (bicyclic) bond motifs is 1. The molecular weight excluding hydrogens is 380 g/mol. The Balaban J connectivity index is 1.66. The van der Waals surface area contributed by atoms with Crippen molar-refractivity contribution in [3.63, 3.8) is 0 Å². The van der Waals surface area contributed by atoms with E-state index in [2.05, 4.69) is 10.3 Å². The van der Waals surface area contributed by atoms with Crippen molar-refractivity contribution in [2.45, 2.75) is 51.2 Å². The highest BCUT2D eigenvalue weighted by Gasteiger charge is 2.25. The third-order valence-electron chi connectivity index (χ3n) is 5.91. The van der Waals surface area contributed by atoms with Crippen LogP contribution in [0.2, 0.25) is 0 Å². The van der Waals surface area contributed by atoms with Crippen molar-refractivity contribution in [3.8, 4) is 0 Å². The van der Waals surface area contributed by atoms with E-state index < -0.39 is 5.60 Å². The molecule has 1 amide bonds. The summed E-state index contributed by atoms with van der Waals surface area (Å²) in [5.74, 6) is 0.0663. The Hall–Kier alpha value is -2.77. The highest BCUT2D eigenvalue weighted by molar-refractivity contribution is 6.04. The molecule has 2 aromatic heterocycles. The summed E-state index contributed by atoms with van der Waals surface area (Å²) < 4.78 is 2.00. The van der Waals surface area contributed by atoms with Gasteiger partial charge in [0.1, 0.15) is 5.69 Å². The summed E-state index contributed by atoms with van der Waals surface area (Å²) in [6.45, 7) is 3.64. The molecule has 30 heavy (non-hydrogen) atoms. The molecule has 3 N–H and O–H groups in total. The van der Waals surface area contributed by atoms with Gasteiger partial charge in [-0.2, -0.15) is 5.10 Å². The molecule has 7 nitrogen and oxygen atoms in total. The summed E-state index contributed by atoms with van der Waals surface area (Å²) in [4.78, 5) is 16.7. The number of pyridine rings is 1. The van der Waals surface area contributed by atoms with Gasteiger partial charge in [-0.05, 0) is 69.7 Å². The van der Waals surface area contributed by atoms with Crippen LogP contribution in [0.25, 0.3) is 10.9 Å². The number of carbonyl (C=O) groups excluding carboxylic acids is 1. The molecule has 1 saturated carbocycles. The van der Waals surface area contributed by atoms with Crippen LogP contribution in [-0.4, -0.2) is 37.5 Å². The molecule has 158 valence electrons. The van der Waals surface area contributed by atoms with E-state index in [9.17, 15) is 15.0 Å². The Kier molecular flexibility index (Phi) is 5.58. The third kappa shape index (κ3) is 4.22. The average molecular weight is 409 g/mol. The fourth-order valence-corrected chi connectivity index (χ4v) is 4.16. The molecule has 1 fully saturated rings. The number of hydrogen-bond donors (Lipinski definition) is 3. The number of benzene rings is 1. The van der Waals surface area contributed by atoms with Crippen molar-refractivity contribution in [2.24, 2.45) is 5.92 Å². The molecule has 3 aromatic rings. The minimum absolute atomic E-state index is 0.252. The summed E-state index contributed by atoms with van der Waals surface area (Å²) >= 11 is 0. The number of aliphatic hydroxyl groups excluding tert-OH is 1. The van der Waals surface area contributed by atoms with E-state index in [0.717, 1.165) is 36.6 Å². The van der Waals surface area contributed by atoms with Gasteiger partial charge in [0, 0.05) is 35.6 Å². The monoisotopic (exact) mass is 408 g/mol. The highest BCUT2D eigenvalue weighted by Crippen LogP contribution is 2.35. The van der Waals surface area contributed by atoms with E-state index in [0.29, 0.717) is 28.9 Å². The van der Waals surface area contributed by atoms with Gasteiger partial charge in [0.25, 0.3) is 5.91 Å². The summed E-state index contributed by atoms with van der Waals surface area (Å²) in [6.07, 6.45) is 7.55. The summed E-state index contributed by atoms with van der Waals surface area (Å²) in [6, 6.07) is 9.19. The van der Waals surface area contributed by atoms with Gasteiger partial charge in [0.15, 0.2) is 0 Å². The Morgan fingerprint density at radius 2 is 2.00 bits per heavy atom. The smallest absolute Gasteiger partial charge is 0.274 e. The number of hydrogen-bond acceptors (Lipinski definition) is 5. The van der Waals surface area contributed by atoms with Gasteiger partial charge in [-0.1, -0.05) is 6.07 Å². The molecule has 0 spiro atoms. The maximum absolute atomic E-state index is 12.6. The fraction of sp³-hybridized carbons (Fsp3) is 0.435. The van der Waals surface area contributed by atoms with E-state index in [4.69, 9.17) is 5.10 Å². The lowest BCUT2D eigenvalue weighted by Crippen LogP contribution is -2.21. The Morgan fingerprint density at radius 3 is 2.63 bits per heavy atom. The van der Waals surface area contributed by atoms with E-state index in [1.54, 1.807) is 38.2 Å². The van der Waals surface area contributed by atoms with Gasteiger partial charge in [-0.15, -0.1) is 0 Å². The zero-order valence-electron chi connectivity index (χ0n) is 17.4. The normalized spacial score (nSPS) is 19.7. The quantitative estimate of drug-likeness (QED) is 0.598. The SMILES string of the molecule is CC(C)(O)c1cc2nn(C3CCC(CO)CC3)cc2cc1NC(=O)c1ccccn1. The second-order valence-electron chi connectivity index (χ2n) is 8.65. The van der Waals surface area contributed by atoms with Gasteiger partial charge in [0.2, 0.25) is 0 Å². The lowest BCUT2D eigenvalue weighted by atomic mass is 9.87. The van der Waals surface area contributed by atoms with Crippen LogP contribution in [0, 0.1) is 5.92 Å². The van der Waals surface area contributed by atoms with Gasteiger partial charge in [-0.25, -0.2) is 0 Å². The molecule has 1 aromatic carbocycles. The summed E-state index contributed by atoms with van der Waals surface area (Å²) in [5.41, 5.74) is 1.11. The molecule has 1 aliphatic carbocycles. The Bertz CT molecular complexity index is 1030. The van der Waals surface area contributed by atoms with Crippen molar-refractivity contribution >= 4 is 22.5 Å². The maximum Gasteiger partial charge on any atom is 0.274 e. The topological polar surface area (TPSA) is 100 Å². The molecule has 0 radical (unpaired) electrons. The molecule has 2 heterocycles. The molecule has 0 unspecified atom stereocenters. The minimum atomic E-state index is -1.15. The van der Waals surface area contributed by atoms with Crippen molar-refractivity contribution in [1.29, 1.82) is 0 Å². The van der Waals surface area contributed by atoms with Crippen LogP contribution in [0.1, 0.15) is 61.6 Å². The van der Waals surface area contributed by atoms with Gasteiger partial charge < -0.3 is 15.5 Å². The molecule has 1 aliphatic rings. The fourth-order valence-electron chi connectivity index (χ4n) is 4.16. The highest BCUT2D eigenvalue weighted by atomic mass is 16.3. The van der Waals surface area contributed by atoms with Crippen LogP contribution in [-0.2, 0) is 5.60 Å². The second kappa shape index (κ2) is 8.16. The lowest BCUT2D eigenvalue weighted by molar-refractivity contribution is 0.0793. The van der Waals surface area contributed by atoms with Crippen LogP contribution >= 0.6 is 0 Å². The number of anilines is 1. The first-order chi connectivity index (χ1) is 14.3. The molecule has 0 atom stereocenters. The molecule has 4 rings (SSSR count). The first kappa shape index (κ1) is 20.5. The van der Waals surface area contributed by atoms with Crippen LogP contribution in [0.4, 0.5) is 5.69 Å². The first-order valence-electron chi connectivity index (χ1n) is 10.4. The van der Waals surface area contributed by atoms with Crippen LogP contribution in [0.3, 0.4) is 0 Å². The minimum Gasteiger partial charge on any atom is -0.396 e. The standard InChI is InChI=1S/C23H28N4O3/c1-23(2,30)18-12-20-16(11-21(18)25-22(29)19-5-3-4-10-24-19)13-27(26-20)17-8-6-15(14-28)7-9-17/h3-5,10-13,15,17,28,30H,6-9,14H2,1-2H3,(H,25,29). The van der Waals surface area contributed by atoms with Gasteiger partial charge >= 0.3 is 0 Å². The van der Waals surface area contributed by atoms with Crippen molar-refractivity contribution in [2.75, 3.05) is 11.9 Å². The summed E-state index contributed by atoms with van der Waals surface area (Å²) in [7, 11) is 0. The zero-order valence-corrected chi connectivity index (χ0v) is 17.4. The zero-order chi connectivity index (χ0) is 21.3. The van der Waals surface area contributed by atoms with Crippen molar-refractivity contribution in [1.82, 2.24) is 14.8 Å². The predicted octanol–water partition coefficient (Wildman–Crippen LogP) is 3.63. The van der Waals surface area contributed by atoms with E-state index in [1.807, 2.05) is 23.0 Å². The number of aliphatic hydroxyl groups is 2. The number of aromatic nitrogens is 3. The predicted molar refractivity (Wildman–Crippen MR) is 115 cm³/mol. The second-order valence-corrected chi connectivity index (χ2v) is 8.65. The molecular formula is C23H28N4O3. The largest absolute Gasteiger partial charge is 0.396 e. The number of nitrogens with one attached hydrogen (secondary N) is 1. The van der Waals surface area contributed by atoms with Crippen LogP contribution in [0.15, 0.2) is 42.7 Å².